The summed E-state index contributed by atoms with van der Waals surface area (Å²) in [5.74, 6) is 1.70. The first-order valence-electron chi connectivity index (χ1n) is 8.23. The molecule has 0 heterocycles. The molecule has 0 N–H and O–H groups in total. The van der Waals surface area contributed by atoms with Gasteiger partial charge < -0.3 is 4.74 Å². The van der Waals surface area contributed by atoms with Gasteiger partial charge in [0.1, 0.15) is 5.75 Å². The minimum Gasteiger partial charge on any atom is -0.497 e. The quantitative estimate of drug-likeness (QED) is 0.673. The molecular formula is C21H30O. The highest BCUT2D eigenvalue weighted by Crippen LogP contribution is 2.12. The molecule has 0 aliphatic heterocycles. The highest BCUT2D eigenvalue weighted by Gasteiger charge is 1.95. The zero-order valence-electron chi connectivity index (χ0n) is 14.7. The molecule has 22 heavy (non-hydrogen) atoms. The highest BCUT2D eigenvalue weighted by molar-refractivity contribution is 5.27. The van der Waals surface area contributed by atoms with Crippen molar-refractivity contribution in [3.05, 3.63) is 65.2 Å². The van der Waals surface area contributed by atoms with Crippen molar-refractivity contribution in [1.82, 2.24) is 0 Å². The standard InChI is InChI=1S/C11H16.C10H14O/c1-9(2)8-11-6-4-10(3)5-7-11;1-3-4-9-5-7-10(11-2)8-6-9/h4-7,9H,8H2,1-3H3;5-8H,3-4H2,1-2H3. The maximum Gasteiger partial charge on any atom is 0.118 e. The van der Waals surface area contributed by atoms with E-state index < -0.39 is 0 Å². The van der Waals surface area contributed by atoms with Gasteiger partial charge in [0.25, 0.3) is 0 Å². The summed E-state index contributed by atoms with van der Waals surface area (Å²) in [5.41, 5.74) is 4.18. The van der Waals surface area contributed by atoms with E-state index in [2.05, 4.69) is 64.1 Å². The summed E-state index contributed by atoms with van der Waals surface area (Å²) >= 11 is 0. The normalized spacial score (nSPS) is 10.1. The van der Waals surface area contributed by atoms with Crippen molar-refractivity contribution in [2.45, 2.75) is 47.0 Å². The number of hydrogen-bond donors (Lipinski definition) is 0. The van der Waals surface area contributed by atoms with E-state index in [0.29, 0.717) is 0 Å². The summed E-state index contributed by atoms with van der Waals surface area (Å²) in [6.07, 6.45) is 3.55. The third kappa shape index (κ3) is 7.31. The van der Waals surface area contributed by atoms with Gasteiger partial charge in [0.15, 0.2) is 0 Å². The van der Waals surface area contributed by atoms with Crippen LogP contribution in [0.3, 0.4) is 0 Å². The monoisotopic (exact) mass is 298 g/mol. The summed E-state index contributed by atoms with van der Waals surface area (Å²) in [6, 6.07) is 17.0. The van der Waals surface area contributed by atoms with Crippen LogP contribution in [0.25, 0.3) is 0 Å². The minimum absolute atomic E-state index is 0.762. The Morgan fingerprint density at radius 2 is 1.41 bits per heavy atom. The Kier molecular flexibility index (Phi) is 8.35. The number of ether oxygens (including phenoxy) is 1. The van der Waals surface area contributed by atoms with E-state index in [1.165, 1.54) is 29.5 Å². The number of methoxy groups -OCH3 is 1. The Morgan fingerprint density at radius 3 is 1.86 bits per heavy atom. The van der Waals surface area contributed by atoms with Crippen LogP contribution in [0.4, 0.5) is 0 Å². The van der Waals surface area contributed by atoms with Gasteiger partial charge in [0.2, 0.25) is 0 Å². The number of aryl methyl sites for hydroxylation is 2. The van der Waals surface area contributed by atoms with Crippen LogP contribution in [-0.4, -0.2) is 7.11 Å². The van der Waals surface area contributed by atoms with Crippen LogP contribution >= 0.6 is 0 Å². The second-order valence-electron chi connectivity index (χ2n) is 6.18. The summed E-state index contributed by atoms with van der Waals surface area (Å²) in [4.78, 5) is 0. The number of rotatable bonds is 5. The van der Waals surface area contributed by atoms with Crippen LogP contribution in [-0.2, 0) is 12.8 Å². The Morgan fingerprint density at radius 1 is 0.864 bits per heavy atom. The third-order valence-electron chi connectivity index (χ3n) is 3.46. The molecule has 2 aromatic carbocycles. The Hall–Kier alpha value is -1.76. The zero-order valence-corrected chi connectivity index (χ0v) is 14.7. The molecule has 0 bridgehead atoms. The molecule has 0 atom stereocenters. The maximum atomic E-state index is 5.05. The van der Waals surface area contributed by atoms with Crippen LogP contribution in [0.1, 0.15) is 43.9 Å². The Balaban J connectivity index is 0.000000220. The molecule has 2 rings (SSSR count). The molecule has 2 aromatic rings. The molecule has 1 heteroatoms. The molecule has 0 saturated heterocycles. The molecule has 0 fully saturated rings. The Bertz CT molecular complexity index is 509. The number of benzene rings is 2. The summed E-state index contributed by atoms with van der Waals surface area (Å²) in [6.45, 7) is 8.81. The van der Waals surface area contributed by atoms with Crippen molar-refractivity contribution in [2.75, 3.05) is 7.11 Å². The van der Waals surface area contributed by atoms with Crippen LogP contribution in [0.2, 0.25) is 0 Å². The fraction of sp³-hybridized carbons (Fsp3) is 0.429. The summed E-state index contributed by atoms with van der Waals surface area (Å²) < 4.78 is 5.05. The molecular weight excluding hydrogens is 268 g/mol. The fourth-order valence-electron chi connectivity index (χ4n) is 2.28. The Labute approximate surface area is 136 Å². The second kappa shape index (κ2) is 10.0. The predicted molar refractivity (Wildman–Crippen MR) is 96.7 cm³/mol. The molecule has 1 nitrogen and oxygen atoms in total. The summed E-state index contributed by atoms with van der Waals surface area (Å²) in [7, 11) is 1.69. The van der Waals surface area contributed by atoms with Crippen molar-refractivity contribution in [3.63, 3.8) is 0 Å². The lowest BCUT2D eigenvalue weighted by Crippen LogP contribution is -1.93. The maximum absolute atomic E-state index is 5.05. The predicted octanol–water partition coefficient (Wildman–Crippen LogP) is 5.84. The molecule has 0 radical (unpaired) electrons. The SMILES string of the molecule is CCCc1ccc(OC)cc1.Cc1ccc(CC(C)C)cc1. The average molecular weight is 298 g/mol. The molecule has 0 spiro atoms. The molecule has 120 valence electrons. The molecule has 0 aromatic heterocycles. The lowest BCUT2D eigenvalue weighted by atomic mass is 10.0. The van der Waals surface area contributed by atoms with Gasteiger partial charge in [0, 0.05) is 0 Å². The van der Waals surface area contributed by atoms with Crippen LogP contribution in [0.5, 0.6) is 5.75 Å². The van der Waals surface area contributed by atoms with Crippen LogP contribution < -0.4 is 4.74 Å². The van der Waals surface area contributed by atoms with E-state index in [0.717, 1.165) is 18.1 Å². The zero-order chi connectivity index (χ0) is 16.4. The first-order valence-corrected chi connectivity index (χ1v) is 8.23. The molecule has 0 amide bonds. The molecule has 0 unspecified atom stereocenters. The molecule has 0 saturated carbocycles. The first-order chi connectivity index (χ1) is 10.5. The average Bonchev–Trinajstić information content (AvgIpc) is 2.51. The van der Waals surface area contributed by atoms with Gasteiger partial charge in [-0.1, -0.05) is 69.2 Å². The second-order valence-corrected chi connectivity index (χ2v) is 6.18. The van der Waals surface area contributed by atoms with Crippen LogP contribution in [0.15, 0.2) is 48.5 Å². The van der Waals surface area contributed by atoms with Gasteiger partial charge in [0.05, 0.1) is 7.11 Å². The van der Waals surface area contributed by atoms with E-state index in [4.69, 9.17) is 4.74 Å². The largest absolute Gasteiger partial charge is 0.497 e. The van der Waals surface area contributed by atoms with Crippen molar-refractivity contribution < 1.29 is 4.74 Å². The van der Waals surface area contributed by atoms with E-state index in [1.807, 2.05) is 12.1 Å². The van der Waals surface area contributed by atoms with Crippen molar-refractivity contribution in [1.29, 1.82) is 0 Å². The number of hydrogen-bond acceptors (Lipinski definition) is 1. The van der Waals surface area contributed by atoms with Crippen molar-refractivity contribution >= 4 is 0 Å². The van der Waals surface area contributed by atoms with E-state index in [-0.39, 0.29) is 0 Å². The smallest absolute Gasteiger partial charge is 0.118 e. The first kappa shape index (κ1) is 18.3. The topological polar surface area (TPSA) is 9.23 Å². The van der Waals surface area contributed by atoms with Crippen LogP contribution in [0, 0.1) is 12.8 Å². The molecule has 0 aliphatic carbocycles. The molecule has 0 aliphatic rings. The van der Waals surface area contributed by atoms with E-state index >= 15 is 0 Å². The van der Waals surface area contributed by atoms with Crippen molar-refractivity contribution in [3.8, 4) is 5.75 Å². The van der Waals surface area contributed by atoms with E-state index in [9.17, 15) is 0 Å². The third-order valence-corrected chi connectivity index (χ3v) is 3.46. The lowest BCUT2D eigenvalue weighted by molar-refractivity contribution is 0.414. The van der Waals surface area contributed by atoms with E-state index in [1.54, 1.807) is 7.11 Å². The lowest BCUT2D eigenvalue weighted by Gasteiger charge is -2.04. The minimum atomic E-state index is 0.762. The van der Waals surface area contributed by atoms with Crippen molar-refractivity contribution in [2.24, 2.45) is 5.92 Å². The highest BCUT2D eigenvalue weighted by atomic mass is 16.5. The van der Waals surface area contributed by atoms with Gasteiger partial charge in [-0.25, -0.2) is 0 Å². The van der Waals surface area contributed by atoms with Gasteiger partial charge >= 0.3 is 0 Å². The van der Waals surface area contributed by atoms with Gasteiger partial charge in [-0.2, -0.15) is 0 Å². The van der Waals surface area contributed by atoms with Gasteiger partial charge in [-0.15, -0.1) is 0 Å². The fourth-order valence-corrected chi connectivity index (χ4v) is 2.28. The summed E-state index contributed by atoms with van der Waals surface area (Å²) in [5, 5.41) is 0. The van der Waals surface area contributed by atoms with Gasteiger partial charge in [-0.05, 0) is 48.9 Å². The van der Waals surface area contributed by atoms with Gasteiger partial charge in [-0.3, -0.25) is 0 Å².